The van der Waals surface area contributed by atoms with Gasteiger partial charge in [-0.25, -0.2) is 0 Å². The Balaban J connectivity index is 1.01. The van der Waals surface area contributed by atoms with E-state index in [2.05, 4.69) is 221 Å². The lowest BCUT2D eigenvalue weighted by Crippen LogP contribution is -2.50. The van der Waals surface area contributed by atoms with Crippen molar-refractivity contribution in [3.8, 4) is 11.5 Å². The molecule has 0 heterocycles. The number of ether oxygens (including phenoxy) is 2. The number of benzene rings is 6. The Kier molecular flexibility index (Phi) is 14.9. The van der Waals surface area contributed by atoms with Gasteiger partial charge in [0, 0.05) is 25.2 Å². The largest absolute Gasteiger partial charge is 0.492 e. The molecule has 4 heteroatoms. The monoisotopic (exact) mass is 768 g/mol. The Morgan fingerprint density at radius 1 is 0.431 bits per heavy atom. The van der Waals surface area contributed by atoms with Crippen LogP contribution in [0.3, 0.4) is 0 Å². The molecule has 58 heavy (non-hydrogen) atoms. The topological polar surface area (TPSA) is 24.9 Å². The number of nitrogens with zero attached hydrogens (tertiary/aromatic N) is 2. The molecule has 4 nitrogen and oxygen atoms in total. The van der Waals surface area contributed by atoms with Crippen LogP contribution in [0.2, 0.25) is 0 Å². The average Bonchev–Trinajstić information content (AvgIpc) is 3.26. The summed E-state index contributed by atoms with van der Waals surface area (Å²) < 4.78 is 12.6. The molecular formula is C54H60N2O2. The second-order valence-corrected chi connectivity index (χ2v) is 15.6. The molecule has 0 saturated carbocycles. The summed E-state index contributed by atoms with van der Waals surface area (Å²) in [5, 5.41) is 0. The quantitative estimate of drug-likeness (QED) is 0.0766. The zero-order chi connectivity index (χ0) is 40.7. The number of hydrogen-bond donors (Lipinski definition) is 0. The number of rotatable bonds is 19. The van der Waals surface area contributed by atoms with Crippen LogP contribution >= 0.6 is 0 Å². The van der Waals surface area contributed by atoms with Crippen molar-refractivity contribution in [1.29, 1.82) is 0 Å². The lowest BCUT2D eigenvalue weighted by molar-refractivity contribution is 0.0880. The first kappa shape index (κ1) is 41.9. The smallest absolute Gasteiger partial charge is 0.119 e. The van der Waals surface area contributed by atoms with E-state index in [4.69, 9.17) is 9.47 Å². The third kappa shape index (κ3) is 11.0. The van der Waals surface area contributed by atoms with E-state index in [9.17, 15) is 0 Å². The van der Waals surface area contributed by atoms with Crippen LogP contribution in [-0.2, 0) is 0 Å². The molecule has 0 N–H and O–H groups in total. The van der Waals surface area contributed by atoms with E-state index in [0.717, 1.165) is 44.0 Å². The highest BCUT2D eigenvalue weighted by Crippen LogP contribution is 2.36. The molecule has 6 aromatic carbocycles. The second-order valence-electron chi connectivity index (χ2n) is 15.6. The van der Waals surface area contributed by atoms with E-state index in [1.165, 1.54) is 55.7 Å². The fraction of sp³-hybridized carbons (Fsp3) is 0.259. The van der Waals surface area contributed by atoms with Crippen molar-refractivity contribution in [2.75, 3.05) is 46.9 Å². The number of likely N-dealkylation sites (N-methyl/N-ethyl adjacent to an activating group) is 2. The highest BCUT2D eigenvalue weighted by molar-refractivity contribution is 5.99. The zero-order valence-electron chi connectivity index (χ0n) is 35.3. The van der Waals surface area contributed by atoms with Crippen LogP contribution in [0.15, 0.2) is 170 Å². The molecule has 0 aliphatic heterocycles. The molecule has 0 saturated heterocycles. The van der Waals surface area contributed by atoms with Crippen LogP contribution in [0.1, 0.15) is 73.9 Å². The SMILES string of the molecule is CC/C(=C(\c1ccccc1)c1ccc(OCCN(C)CC(C)(C)N(C)CCOc2ccc(/C(=C(/CC)c3ccccc3)c3ccccc3)cc2)cc1)c1ccccc1. The minimum Gasteiger partial charge on any atom is -0.492 e. The summed E-state index contributed by atoms with van der Waals surface area (Å²) >= 11 is 0. The standard InChI is InChI=1S/C54H60N2O2/c1-7-50(42-21-13-9-14-22-42)52(44-25-17-11-18-26-44)46-29-33-48(34-30-46)57-39-37-55(5)41-54(3,4)56(6)38-40-58-49-35-31-47(32-36-49)53(45-27-19-12-20-28-45)51(8-2)43-23-15-10-16-24-43/h9-36H,7-8,37-41H2,1-6H3/b52-50-,53-51-. The van der Waals surface area contributed by atoms with E-state index < -0.39 is 0 Å². The van der Waals surface area contributed by atoms with Gasteiger partial charge >= 0.3 is 0 Å². The van der Waals surface area contributed by atoms with Crippen molar-refractivity contribution in [3.63, 3.8) is 0 Å². The van der Waals surface area contributed by atoms with Crippen LogP contribution in [0.4, 0.5) is 0 Å². The van der Waals surface area contributed by atoms with Crippen LogP contribution in [0.25, 0.3) is 22.3 Å². The molecule has 0 atom stereocenters. The average molecular weight is 769 g/mol. The Morgan fingerprint density at radius 2 is 0.759 bits per heavy atom. The first-order chi connectivity index (χ1) is 28.3. The molecule has 0 aliphatic rings. The summed E-state index contributed by atoms with van der Waals surface area (Å²) in [6.07, 6.45) is 1.88. The molecule has 6 rings (SSSR count). The van der Waals surface area contributed by atoms with E-state index in [-0.39, 0.29) is 5.54 Å². The van der Waals surface area contributed by atoms with E-state index in [0.29, 0.717) is 13.2 Å². The molecule has 0 fully saturated rings. The fourth-order valence-corrected chi connectivity index (χ4v) is 7.79. The molecule has 0 amide bonds. The van der Waals surface area contributed by atoms with Gasteiger partial charge in [0.25, 0.3) is 0 Å². The maximum absolute atomic E-state index is 6.30. The summed E-state index contributed by atoms with van der Waals surface area (Å²) in [6.45, 7) is 12.8. The zero-order valence-corrected chi connectivity index (χ0v) is 35.3. The van der Waals surface area contributed by atoms with Gasteiger partial charge in [-0.1, -0.05) is 159 Å². The Morgan fingerprint density at radius 3 is 1.12 bits per heavy atom. The van der Waals surface area contributed by atoms with Gasteiger partial charge in [-0.15, -0.1) is 0 Å². The highest BCUT2D eigenvalue weighted by atomic mass is 16.5. The van der Waals surface area contributed by atoms with Crippen molar-refractivity contribution in [1.82, 2.24) is 9.80 Å². The lowest BCUT2D eigenvalue weighted by atomic mass is 9.88. The van der Waals surface area contributed by atoms with Gasteiger partial charge in [-0.2, -0.15) is 0 Å². The predicted octanol–water partition coefficient (Wildman–Crippen LogP) is 12.5. The van der Waals surface area contributed by atoms with Crippen molar-refractivity contribution < 1.29 is 9.47 Å². The van der Waals surface area contributed by atoms with Crippen LogP contribution < -0.4 is 9.47 Å². The van der Waals surface area contributed by atoms with Gasteiger partial charge in [0.1, 0.15) is 24.7 Å². The summed E-state index contributed by atoms with van der Waals surface area (Å²) in [5.41, 5.74) is 12.5. The predicted molar refractivity (Wildman–Crippen MR) is 246 cm³/mol. The number of hydrogen-bond acceptors (Lipinski definition) is 4. The molecule has 0 radical (unpaired) electrons. The molecular weight excluding hydrogens is 709 g/mol. The highest BCUT2D eigenvalue weighted by Gasteiger charge is 2.25. The molecule has 298 valence electrons. The Bertz CT molecular complexity index is 2190. The first-order valence-electron chi connectivity index (χ1n) is 20.8. The minimum atomic E-state index is -0.0527. The lowest BCUT2D eigenvalue weighted by Gasteiger charge is -2.38. The van der Waals surface area contributed by atoms with Crippen LogP contribution in [-0.4, -0.2) is 62.3 Å². The van der Waals surface area contributed by atoms with Gasteiger partial charge in [-0.05, 0) is 121 Å². The van der Waals surface area contributed by atoms with Gasteiger partial charge in [0.15, 0.2) is 0 Å². The Labute approximate surface area is 348 Å². The van der Waals surface area contributed by atoms with Crippen molar-refractivity contribution in [3.05, 3.63) is 203 Å². The normalized spacial score (nSPS) is 12.6. The molecule has 0 spiro atoms. The molecule has 6 aromatic rings. The third-order valence-corrected chi connectivity index (χ3v) is 11.1. The summed E-state index contributed by atoms with van der Waals surface area (Å²) in [7, 11) is 4.36. The van der Waals surface area contributed by atoms with Crippen molar-refractivity contribution in [2.45, 2.75) is 46.1 Å². The maximum Gasteiger partial charge on any atom is 0.119 e. The van der Waals surface area contributed by atoms with Gasteiger partial charge < -0.3 is 14.4 Å². The summed E-state index contributed by atoms with van der Waals surface area (Å²) in [6, 6.07) is 60.1. The number of allylic oxidation sites excluding steroid dienone is 2. The maximum atomic E-state index is 6.30. The molecule has 0 bridgehead atoms. The van der Waals surface area contributed by atoms with Gasteiger partial charge in [-0.3, -0.25) is 4.90 Å². The second kappa shape index (κ2) is 20.7. The molecule has 0 aromatic heterocycles. The van der Waals surface area contributed by atoms with Crippen LogP contribution in [0.5, 0.6) is 11.5 Å². The fourth-order valence-electron chi connectivity index (χ4n) is 7.79. The van der Waals surface area contributed by atoms with E-state index in [1.54, 1.807) is 0 Å². The van der Waals surface area contributed by atoms with Crippen molar-refractivity contribution >= 4 is 22.3 Å². The summed E-state index contributed by atoms with van der Waals surface area (Å²) in [5.74, 6) is 1.77. The minimum absolute atomic E-state index is 0.0527. The molecule has 0 aliphatic carbocycles. The van der Waals surface area contributed by atoms with Crippen LogP contribution in [0, 0.1) is 0 Å². The first-order valence-corrected chi connectivity index (χ1v) is 20.8. The molecule has 0 unspecified atom stereocenters. The third-order valence-electron chi connectivity index (χ3n) is 11.1. The van der Waals surface area contributed by atoms with E-state index in [1.807, 2.05) is 0 Å². The summed E-state index contributed by atoms with van der Waals surface area (Å²) in [4.78, 5) is 4.74. The van der Waals surface area contributed by atoms with Crippen molar-refractivity contribution in [2.24, 2.45) is 0 Å². The van der Waals surface area contributed by atoms with Gasteiger partial charge in [0.2, 0.25) is 0 Å². The Hall–Kier alpha value is -5.68. The van der Waals surface area contributed by atoms with Gasteiger partial charge in [0.05, 0.1) is 0 Å². The van der Waals surface area contributed by atoms with E-state index >= 15 is 0 Å².